The van der Waals surface area contributed by atoms with E-state index in [-0.39, 0.29) is 25.2 Å². The predicted octanol–water partition coefficient (Wildman–Crippen LogP) is 3.97. The van der Waals surface area contributed by atoms with Crippen LogP contribution >= 0.6 is 0 Å². The summed E-state index contributed by atoms with van der Waals surface area (Å²) in [5.41, 5.74) is 8.04. The van der Waals surface area contributed by atoms with Crippen molar-refractivity contribution in [1.82, 2.24) is 4.90 Å². The fraction of sp³-hybridized carbons (Fsp3) is 0.562. The van der Waals surface area contributed by atoms with E-state index in [4.69, 9.17) is 24.7 Å². The minimum absolute atomic E-state index is 0.0655. The van der Waals surface area contributed by atoms with Crippen LogP contribution in [0.2, 0.25) is 0 Å². The number of nitrogens with zero attached hydrogens (tertiary/aromatic N) is 2. The van der Waals surface area contributed by atoms with E-state index < -0.39 is 29.6 Å². The van der Waals surface area contributed by atoms with Gasteiger partial charge in [0, 0.05) is 42.7 Å². The first-order valence-corrected chi connectivity index (χ1v) is 14.9. The van der Waals surface area contributed by atoms with Gasteiger partial charge in [-0.25, -0.2) is 0 Å². The lowest BCUT2D eigenvalue weighted by Gasteiger charge is -2.37. The van der Waals surface area contributed by atoms with Crippen molar-refractivity contribution >= 4 is 17.6 Å². The van der Waals surface area contributed by atoms with Gasteiger partial charge in [0.1, 0.15) is 0 Å². The third-order valence-electron chi connectivity index (χ3n) is 8.69. The summed E-state index contributed by atoms with van der Waals surface area (Å²) in [6.45, 7) is 8.81. The SMILES string of the molecule is CCCCN(C(=O)CN1C[C@H](c2ccc3c(c2)OCO3)[C@@H](C(=O)O)[C@@H]1CC(C)(C)C1OCCO1)c1cccc(CN)c1. The molecule has 2 aromatic rings. The van der Waals surface area contributed by atoms with Gasteiger partial charge in [0.2, 0.25) is 12.7 Å². The summed E-state index contributed by atoms with van der Waals surface area (Å²) >= 11 is 0. The van der Waals surface area contributed by atoms with Crippen molar-refractivity contribution in [1.29, 1.82) is 0 Å². The molecule has 0 bridgehead atoms. The summed E-state index contributed by atoms with van der Waals surface area (Å²) < 4.78 is 22.8. The number of amides is 1. The maximum absolute atomic E-state index is 14.1. The summed E-state index contributed by atoms with van der Waals surface area (Å²) in [5.74, 6) is -0.787. The van der Waals surface area contributed by atoms with Gasteiger partial charge in [-0.3, -0.25) is 14.5 Å². The summed E-state index contributed by atoms with van der Waals surface area (Å²) in [5, 5.41) is 10.6. The van der Waals surface area contributed by atoms with Crippen LogP contribution in [0.1, 0.15) is 57.1 Å². The molecule has 2 saturated heterocycles. The van der Waals surface area contributed by atoms with E-state index in [1.54, 1.807) is 0 Å². The van der Waals surface area contributed by atoms with Gasteiger partial charge < -0.3 is 34.7 Å². The van der Waals surface area contributed by atoms with Gasteiger partial charge in [-0.2, -0.15) is 0 Å². The Kier molecular flexibility index (Phi) is 9.37. The quantitative estimate of drug-likeness (QED) is 0.383. The van der Waals surface area contributed by atoms with Gasteiger partial charge in [0.25, 0.3) is 0 Å². The van der Waals surface area contributed by atoms with Crippen LogP contribution in [-0.2, 0) is 25.6 Å². The van der Waals surface area contributed by atoms with Gasteiger partial charge in [-0.05, 0) is 48.2 Å². The first kappa shape index (κ1) is 30.3. The molecule has 228 valence electrons. The average molecular weight is 582 g/mol. The molecule has 1 amide bonds. The molecule has 10 heteroatoms. The second-order valence-electron chi connectivity index (χ2n) is 12.1. The molecule has 3 aliphatic rings. The van der Waals surface area contributed by atoms with Crippen LogP contribution in [0.5, 0.6) is 11.5 Å². The maximum atomic E-state index is 14.1. The van der Waals surface area contributed by atoms with Crippen molar-refractivity contribution in [3.05, 3.63) is 53.6 Å². The molecule has 0 aromatic heterocycles. The topological polar surface area (TPSA) is 124 Å². The number of carboxylic acid groups (broad SMARTS) is 1. The number of carboxylic acids is 1. The Labute approximate surface area is 247 Å². The first-order chi connectivity index (χ1) is 20.2. The molecule has 3 atom stereocenters. The third-order valence-corrected chi connectivity index (χ3v) is 8.69. The average Bonchev–Trinajstić information content (AvgIpc) is 3.74. The summed E-state index contributed by atoms with van der Waals surface area (Å²) in [6.07, 6.45) is 1.84. The highest BCUT2D eigenvalue weighted by molar-refractivity contribution is 5.95. The summed E-state index contributed by atoms with van der Waals surface area (Å²) in [7, 11) is 0. The van der Waals surface area contributed by atoms with Crippen LogP contribution in [0, 0.1) is 11.3 Å². The second-order valence-corrected chi connectivity index (χ2v) is 12.1. The Hall–Kier alpha value is -3.18. The fourth-order valence-corrected chi connectivity index (χ4v) is 6.50. The van der Waals surface area contributed by atoms with Crippen LogP contribution in [0.4, 0.5) is 5.69 Å². The molecule has 0 aliphatic carbocycles. The van der Waals surface area contributed by atoms with Crippen molar-refractivity contribution in [3.63, 3.8) is 0 Å². The van der Waals surface area contributed by atoms with E-state index in [1.165, 1.54) is 0 Å². The largest absolute Gasteiger partial charge is 0.481 e. The zero-order chi connectivity index (χ0) is 29.9. The Balaban J connectivity index is 1.47. The number of hydrogen-bond donors (Lipinski definition) is 2. The summed E-state index contributed by atoms with van der Waals surface area (Å²) in [4.78, 5) is 30.9. The van der Waals surface area contributed by atoms with E-state index in [1.807, 2.05) is 61.2 Å². The summed E-state index contributed by atoms with van der Waals surface area (Å²) in [6, 6.07) is 13.0. The van der Waals surface area contributed by atoms with Crippen LogP contribution in [0.15, 0.2) is 42.5 Å². The molecule has 0 spiro atoms. The predicted molar refractivity (Wildman–Crippen MR) is 157 cm³/mol. The van der Waals surface area contributed by atoms with Crippen LogP contribution in [-0.4, -0.2) is 73.9 Å². The maximum Gasteiger partial charge on any atom is 0.308 e. The van der Waals surface area contributed by atoms with Gasteiger partial charge in [0.15, 0.2) is 17.8 Å². The number of unbranched alkanes of at least 4 members (excludes halogenated alkanes) is 1. The van der Waals surface area contributed by atoms with E-state index in [2.05, 4.69) is 11.8 Å². The number of benzene rings is 2. The van der Waals surface area contributed by atoms with Crippen LogP contribution in [0.3, 0.4) is 0 Å². The molecule has 0 saturated carbocycles. The standard InChI is InChI=1S/C32H43N3O7/c1-4-5-11-35(23-8-6-7-21(14-23)17-33)28(36)19-34-18-24(22-9-10-26-27(15-22)42-20-41-26)29(30(37)38)25(34)16-32(2,3)31-39-12-13-40-31/h6-10,14-15,24-25,29,31H,4-5,11-13,16-20,33H2,1-3H3,(H,37,38)/t24-,25+,29-/m1/s1. The first-order valence-electron chi connectivity index (χ1n) is 14.9. The van der Waals surface area contributed by atoms with E-state index in [0.717, 1.165) is 29.7 Å². The lowest BCUT2D eigenvalue weighted by Crippen LogP contribution is -2.47. The molecule has 5 rings (SSSR count). The van der Waals surface area contributed by atoms with E-state index in [9.17, 15) is 14.7 Å². The normalized spacial score (nSPS) is 22.5. The fourth-order valence-electron chi connectivity index (χ4n) is 6.50. The zero-order valence-electron chi connectivity index (χ0n) is 24.8. The molecule has 2 aromatic carbocycles. The Morgan fingerprint density at radius 1 is 1.10 bits per heavy atom. The molecule has 2 fully saturated rings. The molecule has 3 heterocycles. The lowest BCUT2D eigenvalue weighted by atomic mass is 9.77. The minimum atomic E-state index is -0.889. The molecule has 10 nitrogen and oxygen atoms in total. The number of carbonyl (C=O) groups is 2. The number of likely N-dealkylation sites (tertiary alicyclic amines) is 1. The number of fused-ring (bicyclic) bond motifs is 1. The number of nitrogens with two attached hydrogens (primary N) is 1. The molecule has 3 aliphatic heterocycles. The number of aliphatic carboxylic acids is 1. The van der Waals surface area contributed by atoms with Crippen molar-refractivity contribution in [3.8, 4) is 11.5 Å². The van der Waals surface area contributed by atoms with Gasteiger partial charge in [-0.15, -0.1) is 0 Å². The van der Waals surface area contributed by atoms with E-state index >= 15 is 0 Å². The molecule has 42 heavy (non-hydrogen) atoms. The smallest absolute Gasteiger partial charge is 0.308 e. The second kappa shape index (κ2) is 13.0. The van der Waals surface area contributed by atoms with E-state index in [0.29, 0.717) is 50.8 Å². The number of hydrogen-bond acceptors (Lipinski definition) is 8. The lowest BCUT2D eigenvalue weighted by molar-refractivity contribution is -0.147. The Morgan fingerprint density at radius 3 is 2.57 bits per heavy atom. The molecule has 0 radical (unpaired) electrons. The number of rotatable bonds is 12. The molecule has 0 unspecified atom stereocenters. The van der Waals surface area contributed by atoms with Crippen LogP contribution in [0.25, 0.3) is 0 Å². The molecular weight excluding hydrogens is 538 g/mol. The third kappa shape index (κ3) is 6.41. The highest BCUT2D eigenvalue weighted by Crippen LogP contribution is 2.46. The molecular formula is C32H43N3O7. The van der Waals surface area contributed by atoms with Crippen molar-refractivity contribution in [2.45, 2.75) is 64.8 Å². The number of carbonyl (C=O) groups excluding carboxylic acids is 1. The minimum Gasteiger partial charge on any atom is -0.481 e. The Morgan fingerprint density at radius 2 is 1.86 bits per heavy atom. The highest BCUT2D eigenvalue weighted by atomic mass is 16.7. The number of anilines is 1. The van der Waals surface area contributed by atoms with Crippen molar-refractivity contribution in [2.75, 3.05) is 44.5 Å². The molecule has 3 N–H and O–H groups in total. The van der Waals surface area contributed by atoms with Gasteiger partial charge >= 0.3 is 5.97 Å². The Bertz CT molecular complexity index is 1260. The van der Waals surface area contributed by atoms with Gasteiger partial charge in [0.05, 0.1) is 25.7 Å². The highest BCUT2D eigenvalue weighted by Gasteiger charge is 2.50. The zero-order valence-corrected chi connectivity index (χ0v) is 24.8. The van der Waals surface area contributed by atoms with Crippen molar-refractivity contribution in [2.24, 2.45) is 17.1 Å². The number of ether oxygens (including phenoxy) is 4. The van der Waals surface area contributed by atoms with Gasteiger partial charge in [-0.1, -0.05) is 45.4 Å². The van der Waals surface area contributed by atoms with Crippen molar-refractivity contribution < 1.29 is 33.6 Å². The monoisotopic (exact) mass is 581 g/mol. The van der Waals surface area contributed by atoms with Crippen LogP contribution < -0.4 is 20.1 Å².